The van der Waals surface area contributed by atoms with E-state index < -0.39 is 0 Å². The standard InChI is InChI=1S/C7H9N5/c1-4-3-5(2)12-6(8)10-11-7(12)9-4/h3H,1-2H3,(H2,8,10). The van der Waals surface area contributed by atoms with Gasteiger partial charge in [-0.15, -0.1) is 10.2 Å². The number of nitrogens with zero attached hydrogens (tertiary/aromatic N) is 4. The van der Waals surface area contributed by atoms with Crippen LogP contribution in [0.1, 0.15) is 11.4 Å². The van der Waals surface area contributed by atoms with E-state index >= 15 is 0 Å². The fourth-order valence-electron chi connectivity index (χ4n) is 1.26. The molecule has 5 nitrogen and oxygen atoms in total. The summed E-state index contributed by atoms with van der Waals surface area (Å²) in [6, 6.07) is 1.94. The van der Waals surface area contributed by atoms with E-state index in [0.717, 1.165) is 11.4 Å². The third kappa shape index (κ3) is 0.827. The molecule has 0 amide bonds. The number of nitrogen functional groups attached to an aromatic ring is 1. The molecule has 0 bridgehead atoms. The Hall–Kier alpha value is -1.65. The van der Waals surface area contributed by atoms with Crippen molar-refractivity contribution < 1.29 is 0 Å². The molecule has 5 heteroatoms. The van der Waals surface area contributed by atoms with Crippen LogP contribution in [0.2, 0.25) is 0 Å². The third-order valence-electron chi connectivity index (χ3n) is 1.72. The summed E-state index contributed by atoms with van der Waals surface area (Å²) in [6.45, 7) is 3.86. The van der Waals surface area contributed by atoms with Gasteiger partial charge in [0.15, 0.2) is 0 Å². The van der Waals surface area contributed by atoms with Crippen LogP contribution in [0.15, 0.2) is 6.07 Å². The Labute approximate surface area is 69.2 Å². The van der Waals surface area contributed by atoms with E-state index in [0.29, 0.717) is 11.7 Å². The molecule has 0 radical (unpaired) electrons. The molecule has 2 aromatic rings. The highest BCUT2D eigenvalue weighted by atomic mass is 15.3. The first-order chi connectivity index (χ1) is 5.68. The van der Waals surface area contributed by atoms with Gasteiger partial charge in [-0.25, -0.2) is 4.98 Å². The van der Waals surface area contributed by atoms with Crippen LogP contribution in [-0.2, 0) is 0 Å². The first kappa shape index (κ1) is 7.02. The molecular weight excluding hydrogens is 154 g/mol. The van der Waals surface area contributed by atoms with Crippen LogP contribution in [0.5, 0.6) is 0 Å². The molecule has 0 unspecified atom stereocenters. The average molecular weight is 163 g/mol. The fourth-order valence-corrected chi connectivity index (χ4v) is 1.26. The molecule has 0 aromatic carbocycles. The predicted molar refractivity (Wildman–Crippen MR) is 44.7 cm³/mol. The maximum atomic E-state index is 5.58. The van der Waals surface area contributed by atoms with Crippen molar-refractivity contribution in [3.63, 3.8) is 0 Å². The van der Waals surface area contributed by atoms with Crippen molar-refractivity contribution in [2.45, 2.75) is 13.8 Å². The van der Waals surface area contributed by atoms with Crippen LogP contribution in [-0.4, -0.2) is 19.6 Å². The van der Waals surface area contributed by atoms with Crippen LogP contribution >= 0.6 is 0 Å². The highest BCUT2D eigenvalue weighted by Gasteiger charge is 2.04. The van der Waals surface area contributed by atoms with Crippen molar-refractivity contribution in [2.24, 2.45) is 0 Å². The molecule has 0 aliphatic carbocycles. The van der Waals surface area contributed by atoms with E-state index in [2.05, 4.69) is 15.2 Å². The maximum absolute atomic E-state index is 5.58. The number of fused-ring (bicyclic) bond motifs is 1. The van der Waals surface area contributed by atoms with Gasteiger partial charge in [0, 0.05) is 11.4 Å². The predicted octanol–water partition coefficient (Wildman–Crippen LogP) is 0.323. The van der Waals surface area contributed by atoms with Crippen LogP contribution in [0.4, 0.5) is 5.95 Å². The van der Waals surface area contributed by atoms with E-state index in [9.17, 15) is 0 Å². The Balaban J connectivity index is 2.93. The number of aromatic nitrogens is 4. The zero-order chi connectivity index (χ0) is 8.72. The highest BCUT2D eigenvalue weighted by Crippen LogP contribution is 2.07. The van der Waals surface area contributed by atoms with Gasteiger partial charge in [-0.05, 0) is 19.9 Å². The minimum atomic E-state index is 0.384. The van der Waals surface area contributed by atoms with Crippen molar-refractivity contribution in [1.82, 2.24) is 19.6 Å². The van der Waals surface area contributed by atoms with Gasteiger partial charge < -0.3 is 5.73 Å². The quantitative estimate of drug-likeness (QED) is 0.607. The molecule has 62 valence electrons. The smallest absolute Gasteiger partial charge is 0.256 e. The fraction of sp³-hybridized carbons (Fsp3) is 0.286. The molecule has 0 saturated heterocycles. The van der Waals surface area contributed by atoms with Crippen molar-refractivity contribution in [2.75, 3.05) is 5.73 Å². The minimum Gasteiger partial charge on any atom is -0.368 e. The summed E-state index contributed by atoms with van der Waals surface area (Å²) >= 11 is 0. The third-order valence-corrected chi connectivity index (χ3v) is 1.72. The molecule has 2 N–H and O–H groups in total. The van der Waals surface area contributed by atoms with Crippen LogP contribution in [0, 0.1) is 13.8 Å². The lowest BCUT2D eigenvalue weighted by molar-refractivity contribution is 1.02. The summed E-state index contributed by atoms with van der Waals surface area (Å²) < 4.78 is 1.72. The molecule has 0 saturated carbocycles. The second kappa shape index (κ2) is 2.17. The van der Waals surface area contributed by atoms with Gasteiger partial charge in [-0.1, -0.05) is 0 Å². The summed E-state index contributed by atoms with van der Waals surface area (Å²) in [4.78, 5) is 4.17. The summed E-state index contributed by atoms with van der Waals surface area (Å²) in [6.07, 6.45) is 0. The Morgan fingerprint density at radius 3 is 2.83 bits per heavy atom. The Morgan fingerprint density at radius 2 is 2.08 bits per heavy atom. The molecular formula is C7H9N5. The van der Waals surface area contributed by atoms with Crippen molar-refractivity contribution >= 4 is 11.7 Å². The number of rotatable bonds is 0. The van der Waals surface area contributed by atoms with E-state index in [4.69, 9.17) is 5.73 Å². The van der Waals surface area contributed by atoms with Crippen LogP contribution < -0.4 is 5.73 Å². The summed E-state index contributed by atoms with van der Waals surface area (Å²) in [5.74, 6) is 0.944. The van der Waals surface area contributed by atoms with Gasteiger partial charge in [0.1, 0.15) is 0 Å². The normalized spacial score (nSPS) is 10.8. The van der Waals surface area contributed by atoms with Crippen LogP contribution in [0.25, 0.3) is 5.78 Å². The highest BCUT2D eigenvalue weighted by molar-refractivity contribution is 5.39. The monoisotopic (exact) mass is 163 g/mol. The number of anilines is 1. The lowest BCUT2D eigenvalue weighted by Crippen LogP contribution is -2.00. The summed E-state index contributed by atoms with van der Waals surface area (Å²) in [7, 11) is 0. The van der Waals surface area contributed by atoms with Gasteiger partial charge in [-0.2, -0.15) is 0 Å². The first-order valence-electron chi connectivity index (χ1n) is 3.63. The zero-order valence-electron chi connectivity index (χ0n) is 6.94. The lowest BCUT2D eigenvalue weighted by atomic mass is 10.3. The molecule has 0 aliphatic rings. The lowest BCUT2D eigenvalue weighted by Gasteiger charge is -1.99. The van der Waals surface area contributed by atoms with E-state index in [1.54, 1.807) is 4.40 Å². The Morgan fingerprint density at radius 1 is 1.33 bits per heavy atom. The summed E-state index contributed by atoms with van der Waals surface area (Å²) in [5.41, 5.74) is 7.50. The Bertz CT molecular complexity index is 431. The van der Waals surface area contributed by atoms with Crippen molar-refractivity contribution in [1.29, 1.82) is 0 Å². The number of hydrogen-bond donors (Lipinski definition) is 1. The number of nitrogens with two attached hydrogens (primary N) is 1. The van der Waals surface area contributed by atoms with E-state index in [-0.39, 0.29) is 0 Å². The topological polar surface area (TPSA) is 69.1 Å². The second-order valence-corrected chi connectivity index (χ2v) is 2.73. The van der Waals surface area contributed by atoms with Crippen LogP contribution in [0.3, 0.4) is 0 Å². The molecule has 0 spiro atoms. The SMILES string of the molecule is Cc1cc(C)n2c(N)nnc2n1. The molecule has 2 heterocycles. The minimum absolute atomic E-state index is 0.384. The van der Waals surface area contributed by atoms with E-state index in [1.165, 1.54) is 0 Å². The molecule has 0 atom stereocenters. The van der Waals surface area contributed by atoms with Gasteiger partial charge >= 0.3 is 0 Å². The average Bonchev–Trinajstić information content (AvgIpc) is 2.31. The second-order valence-electron chi connectivity index (χ2n) is 2.73. The van der Waals surface area contributed by atoms with E-state index in [1.807, 2.05) is 19.9 Å². The number of aryl methyl sites for hydroxylation is 2. The van der Waals surface area contributed by atoms with Crippen molar-refractivity contribution in [3.8, 4) is 0 Å². The molecule has 0 aliphatic heterocycles. The Kier molecular flexibility index (Phi) is 1.27. The first-order valence-corrected chi connectivity index (χ1v) is 3.63. The van der Waals surface area contributed by atoms with Crippen molar-refractivity contribution in [3.05, 3.63) is 17.5 Å². The maximum Gasteiger partial charge on any atom is 0.256 e. The largest absolute Gasteiger partial charge is 0.368 e. The van der Waals surface area contributed by atoms with Gasteiger partial charge in [-0.3, -0.25) is 4.40 Å². The molecule has 12 heavy (non-hydrogen) atoms. The zero-order valence-corrected chi connectivity index (χ0v) is 6.94. The van der Waals surface area contributed by atoms with Gasteiger partial charge in [0.2, 0.25) is 5.95 Å². The number of hydrogen-bond acceptors (Lipinski definition) is 4. The summed E-state index contributed by atoms with van der Waals surface area (Å²) in [5, 5.41) is 7.54. The molecule has 2 aromatic heterocycles. The van der Waals surface area contributed by atoms with Gasteiger partial charge in [0.25, 0.3) is 5.78 Å². The molecule has 2 rings (SSSR count). The molecule has 0 fully saturated rings. The van der Waals surface area contributed by atoms with Gasteiger partial charge in [0.05, 0.1) is 0 Å².